The average molecular weight is 307 g/mol. The highest BCUT2D eigenvalue weighted by Crippen LogP contribution is 2.24. The molecule has 1 atom stereocenters. The lowest BCUT2D eigenvalue weighted by Gasteiger charge is -2.35. The predicted molar refractivity (Wildman–Crippen MR) is 82.8 cm³/mol. The van der Waals surface area contributed by atoms with Crippen molar-refractivity contribution in [3.8, 4) is 0 Å². The summed E-state index contributed by atoms with van der Waals surface area (Å²) in [4.78, 5) is 25.4. The molecule has 0 unspecified atom stereocenters. The summed E-state index contributed by atoms with van der Waals surface area (Å²) in [5.74, 6) is -0.571. The Hall–Kier alpha value is -1.85. The molecule has 1 fully saturated rings. The molecule has 2 heterocycles. The van der Waals surface area contributed by atoms with Crippen LogP contribution in [0.25, 0.3) is 0 Å². The summed E-state index contributed by atoms with van der Waals surface area (Å²) in [6.07, 6.45) is 3.52. The molecule has 1 aromatic heterocycles. The smallest absolute Gasteiger partial charge is 0.303 e. The summed E-state index contributed by atoms with van der Waals surface area (Å²) in [7, 11) is 1.85. The van der Waals surface area contributed by atoms with Crippen molar-refractivity contribution in [3.05, 3.63) is 17.5 Å². The van der Waals surface area contributed by atoms with E-state index in [2.05, 4.69) is 18.9 Å². The number of carboxylic acid groups (broad SMARTS) is 1. The van der Waals surface area contributed by atoms with Crippen molar-refractivity contribution in [3.63, 3.8) is 0 Å². The number of aliphatic carboxylic acids is 1. The summed E-state index contributed by atoms with van der Waals surface area (Å²) in [5, 5.41) is 13.2. The monoisotopic (exact) mass is 307 g/mol. The van der Waals surface area contributed by atoms with Gasteiger partial charge in [-0.15, -0.1) is 0 Å². The van der Waals surface area contributed by atoms with E-state index in [-0.39, 0.29) is 18.4 Å². The number of carbonyl (C=O) groups is 2. The lowest BCUT2D eigenvalue weighted by atomic mass is 9.97. The number of hydrogen-bond donors (Lipinski definition) is 1. The number of aryl methyl sites for hydroxylation is 1. The fourth-order valence-electron chi connectivity index (χ4n) is 3.13. The minimum absolute atomic E-state index is 0.0156. The van der Waals surface area contributed by atoms with E-state index < -0.39 is 5.97 Å². The molecule has 22 heavy (non-hydrogen) atoms. The summed E-state index contributed by atoms with van der Waals surface area (Å²) in [5.41, 5.74) is 1.50. The second-order valence-electron chi connectivity index (χ2n) is 6.31. The molecular formula is C16H25N3O3. The zero-order valence-corrected chi connectivity index (χ0v) is 13.6. The van der Waals surface area contributed by atoms with Crippen LogP contribution in [0.3, 0.4) is 0 Å². The number of hydrogen-bond acceptors (Lipinski definition) is 3. The molecule has 1 N–H and O–H groups in total. The molecule has 122 valence electrons. The number of amides is 1. The van der Waals surface area contributed by atoms with E-state index in [1.54, 1.807) is 4.68 Å². The van der Waals surface area contributed by atoms with Gasteiger partial charge in [0.05, 0.1) is 0 Å². The number of piperidine rings is 1. The highest BCUT2D eigenvalue weighted by atomic mass is 16.4. The van der Waals surface area contributed by atoms with Gasteiger partial charge in [-0.2, -0.15) is 5.10 Å². The maximum Gasteiger partial charge on any atom is 0.303 e. The van der Waals surface area contributed by atoms with Crippen molar-refractivity contribution in [2.75, 3.05) is 6.54 Å². The van der Waals surface area contributed by atoms with Gasteiger partial charge in [0, 0.05) is 31.7 Å². The van der Waals surface area contributed by atoms with Gasteiger partial charge in [-0.25, -0.2) is 0 Å². The molecule has 0 bridgehead atoms. The van der Waals surface area contributed by atoms with Gasteiger partial charge in [0.25, 0.3) is 5.91 Å². The Bertz CT molecular complexity index is 551. The standard InChI is InChI=1S/C16H25N3O3/c1-11(2)14-10-13(17-18(14)3)16(22)19-9-5-4-6-12(19)7-8-15(20)21/h10-12H,4-9H2,1-3H3,(H,20,21)/t12-/m0/s1. The molecule has 6 nitrogen and oxygen atoms in total. The first-order valence-electron chi connectivity index (χ1n) is 7.97. The first kappa shape index (κ1) is 16.5. The molecule has 1 amide bonds. The third-order valence-electron chi connectivity index (χ3n) is 4.31. The lowest BCUT2D eigenvalue weighted by Crippen LogP contribution is -2.44. The van der Waals surface area contributed by atoms with E-state index in [1.807, 2.05) is 18.0 Å². The van der Waals surface area contributed by atoms with E-state index in [9.17, 15) is 9.59 Å². The van der Waals surface area contributed by atoms with E-state index in [0.29, 0.717) is 24.6 Å². The quantitative estimate of drug-likeness (QED) is 0.906. The van der Waals surface area contributed by atoms with Gasteiger partial charge in [0.1, 0.15) is 0 Å². The van der Waals surface area contributed by atoms with Gasteiger partial charge in [-0.3, -0.25) is 14.3 Å². The van der Waals surface area contributed by atoms with Crippen LogP contribution >= 0.6 is 0 Å². The largest absolute Gasteiger partial charge is 0.481 e. The van der Waals surface area contributed by atoms with E-state index >= 15 is 0 Å². The summed E-state index contributed by atoms with van der Waals surface area (Å²) in [6, 6.07) is 1.87. The van der Waals surface area contributed by atoms with Gasteiger partial charge >= 0.3 is 5.97 Å². The maximum atomic E-state index is 12.7. The molecular weight excluding hydrogens is 282 g/mol. The van der Waals surface area contributed by atoms with Crippen molar-refractivity contribution in [1.82, 2.24) is 14.7 Å². The van der Waals surface area contributed by atoms with E-state index in [1.165, 1.54) is 0 Å². The molecule has 0 spiro atoms. The van der Waals surface area contributed by atoms with Crippen molar-refractivity contribution < 1.29 is 14.7 Å². The summed E-state index contributed by atoms with van der Waals surface area (Å²) < 4.78 is 1.76. The number of carbonyl (C=O) groups excluding carboxylic acids is 1. The normalized spacial score (nSPS) is 18.7. The Morgan fingerprint density at radius 1 is 1.41 bits per heavy atom. The van der Waals surface area contributed by atoms with Crippen LogP contribution in [0.5, 0.6) is 0 Å². The Balaban J connectivity index is 2.14. The molecule has 0 aliphatic carbocycles. The van der Waals surface area contributed by atoms with Crippen LogP contribution in [-0.2, 0) is 11.8 Å². The average Bonchev–Trinajstić information content (AvgIpc) is 2.87. The molecule has 1 saturated heterocycles. The van der Waals surface area contributed by atoms with Crippen molar-refractivity contribution in [2.45, 2.75) is 57.9 Å². The highest BCUT2D eigenvalue weighted by Gasteiger charge is 2.29. The first-order valence-corrected chi connectivity index (χ1v) is 7.97. The molecule has 1 aliphatic heterocycles. The summed E-state index contributed by atoms with van der Waals surface area (Å²) >= 11 is 0. The van der Waals surface area contributed by atoms with Crippen LogP contribution in [0.15, 0.2) is 6.07 Å². The minimum Gasteiger partial charge on any atom is -0.481 e. The maximum absolute atomic E-state index is 12.7. The second kappa shape index (κ2) is 6.94. The molecule has 0 radical (unpaired) electrons. The van der Waals surface area contributed by atoms with Crippen molar-refractivity contribution >= 4 is 11.9 Å². The van der Waals surface area contributed by atoms with E-state index in [4.69, 9.17) is 5.11 Å². The predicted octanol–water partition coefficient (Wildman–Crippen LogP) is 2.40. The minimum atomic E-state index is -0.807. The zero-order chi connectivity index (χ0) is 16.3. The fraction of sp³-hybridized carbons (Fsp3) is 0.688. The van der Waals surface area contributed by atoms with Gasteiger partial charge in [-0.05, 0) is 37.7 Å². The number of nitrogens with zero attached hydrogens (tertiary/aromatic N) is 3. The first-order chi connectivity index (χ1) is 10.4. The van der Waals surface area contributed by atoms with Gasteiger partial charge in [0.2, 0.25) is 0 Å². The number of rotatable bonds is 5. The van der Waals surface area contributed by atoms with Crippen molar-refractivity contribution in [2.24, 2.45) is 7.05 Å². The zero-order valence-electron chi connectivity index (χ0n) is 13.6. The Labute approximate surface area is 131 Å². The lowest BCUT2D eigenvalue weighted by molar-refractivity contribution is -0.137. The third kappa shape index (κ3) is 3.67. The second-order valence-corrected chi connectivity index (χ2v) is 6.31. The van der Waals surface area contributed by atoms with Crippen LogP contribution < -0.4 is 0 Å². The Morgan fingerprint density at radius 2 is 2.14 bits per heavy atom. The van der Waals surface area contributed by atoms with Crippen LogP contribution in [0.2, 0.25) is 0 Å². The van der Waals surface area contributed by atoms with E-state index in [0.717, 1.165) is 25.0 Å². The number of aromatic nitrogens is 2. The van der Waals surface area contributed by atoms with Gasteiger partial charge < -0.3 is 10.0 Å². The molecule has 0 aromatic carbocycles. The van der Waals surface area contributed by atoms with Crippen LogP contribution in [0, 0.1) is 0 Å². The summed E-state index contributed by atoms with van der Waals surface area (Å²) in [6.45, 7) is 4.83. The van der Waals surface area contributed by atoms with Crippen molar-refractivity contribution in [1.29, 1.82) is 0 Å². The molecule has 1 aliphatic rings. The SMILES string of the molecule is CC(C)c1cc(C(=O)N2CCCC[C@H]2CCC(=O)O)nn1C. The Kier molecular flexibility index (Phi) is 5.21. The van der Waals surface area contributed by atoms with Gasteiger partial charge in [-0.1, -0.05) is 13.8 Å². The Morgan fingerprint density at radius 3 is 2.73 bits per heavy atom. The fourth-order valence-corrected chi connectivity index (χ4v) is 3.13. The molecule has 1 aromatic rings. The molecule has 0 saturated carbocycles. The van der Waals surface area contributed by atoms with Crippen LogP contribution in [0.1, 0.15) is 68.1 Å². The van der Waals surface area contributed by atoms with Crippen LogP contribution in [-0.4, -0.2) is 44.3 Å². The van der Waals surface area contributed by atoms with Crippen LogP contribution in [0.4, 0.5) is 0 Å². The number of likely N-dealkylation sites (tertiary alicyclic amines) is 1. The number of carboxylic acids is 1. The highest BCUT2D eigenvalue weighted by molar-refractivity contribution is 5.92. The third-order valence-corrected chi connectivity index (χ3v) is 4.31. The topological polar surface area (TPSA) is 75.4 Å². The molecule has 6 heteroatoms. The van der Waals surface area contributed by atoms with Gasteiger partial charge in [0.15, 0.2) is 5.69 Å². The molecule has 2 rings (SSSR count).